The van der Waals surface area contributed by atoms with Crippen molar-refractivity contribution in [3.63, 3.8) is 0 Å². The number of pyridine rings is 2. The maximum Gasteiger partial charge on any atom is 0.325 e. The Morgan fingerprint density at radius 3 is 2.78 bits per heavy atom. The maximum absolute atomic E-state index is 14.8. The third-order valence-corrected chi connectivity index (χ3v) is 6.55. The minimum Gasteiger partial charge on any atom is -0.468 e. The van der Waals surface area contributed by atoms with E-state index in [0.717, 1.165) is 31.1 Å². The van der Waals surface area contributed by atoms with Crippen molar-refractivity contribution in [1.29, 1.82) is 0 Å². The molecule has 4 aromatic rings. The lowest BCUT2D eigenvalue weighted by Crippen LogP contribution is -2.44. The zero-order valence-electron chi connectivity index (χ0n) is 20.0. The number of hydrogen-bond donors (Lipinski definition) is 2. The lowest BCUT2D eigenvalue weighted by molar-refractivity contribution is -0.139. The Morgan fingerprint density at radius 2 is 2.06 bits per heavy atom. The highest BCUT2D eigenvalue weighted by Crippen LogP contribution is 2.29. The minimum absolute atomic E-state index is 0.110. The number of rotatable bonds is 7. The molecule has 3 N–H and O–H groups in total. The fourth-order valence-electron chi connectivity index (χ4n) is 4.56. The van der Waals surface area contributed by atoms with E-state index < -0.39 is 5.82 Å². The second-order valence-corrected chi connectivity index (χ2v) is 8.94. The standard InChI is InChI=1S/C26H28FN7O2/c1-36-26(35)16-33(19-6-4-18(28)5-7-19)25-10-3-17-15-29-24(14-23(17)32-25)31-22-9-8-20(13-21(22)27)34-12-2-11-30-34/h2-3,8-15,18-19H,4-7,16,28H2,1H3,(H,29,31). The molecule has 3 heterocycles. The number of nitrogens with two attached hydrogens (primary N) is 1. The van der Waals surface area contributed by atoms with Crippen LogP contribution in [0, 0.1) is 5.82 Å². The average Bonchev–Trinajstić information content (AvgIpc) is 3.44. The number of esters is 1. The Morgan fingerprint density at radius 1 is 1.22 bits per heavy atom. The summed E-state index contributed by atoms with van der Waals surface area (Å²) in [7, 11) is 1.38. The molecule has 0 spiro atoms. The lowest BCUT2D eigenvalue weighted by Gasteiger charge is -2.36. The predicted octanol–water partition coefficient (Wildman–Crippen LogP) is 3.95. The summed E-state index contributed by atoms with van der Waals surface area (Å²) >= 11 is 0. The molecule has 1 aromatic carbocycles. The smallest absolute Gasteiger partial charge is 0.325 e. The zero-order chi connectivity index (χ0) is 25.1. The number of methoxy groups -OCH3 is 1. The highest BCUT2D eigenvalue weighted by molar-refractivity contribution is 5.83. The quantitative estimate of drug-likeness (QED) is 0.376. The Bertz CT molecular complexity index is 1350. The molecule has 0 amide bonds. The van der Waals surface area contributed by atoms with E-state index in [1.807, 2.05) is 17.0 Å². The highest BCUT2D eigenvalue weighted by atomic mass is 19.1. The summed E-state index contributed by atoms with van der Waals surface area (Å²) in [5.74, 6) is 0.394. The molecule has 36 heavy (non-hydrogen) atoms. The first-order valence-corrected chi connectivity index (χ1v) is 11.9. The van der Waals surface area contributed by atoms with Gasteiger partial charge in [-0.15, -0.1) is 0 Å². The number of nitrogens with zero attached hydrogens (tertiary/aromatic N) is 5. The number of benzene rings is 1. The van der Waals surface area contributed by atoms with Crippen LogP contribution in [0.1, 0.15) is 25.7 Å². The Labute approximate surface area is 208 Å². The van der Waals surface area contributed by atoms with Crippen LogP contribution in [-0.2, 0) is 9.53 Å². The lowest BCUT2D eigenvalue weighted by atomic mass is 9.90. The van der Waals surface area contributed by atoms with Gasteiger partial charge in [0.2, 0.25) is 0 Å². The fourth-order valence-corrected chi connectivity index (χ4v) is 4.56. The molecule has 186 valence electrons. The predicted molar refractivity (Wildman–Crippen MR) is 136 cm³/mol. The first-order chi connectivity index (χ1) is 17.5. The Hall–Kier alpha value is -4.05. The third kappa shape index (κ3) is 5.13. The van der Waals surface area contributed by atoms with E-state index in [9.17, 15) is 9.18 Å². The molecule has 0 radical (unpaired) electrons. The first-order valence-electron chi connectivity index (χ1n) is 11.9. The summed E-state index contributed by atoms with van der Waals surface area (Å²) in [4.78, 5) is 23.4. The number of halogens is 1. The van der Waals surface area contributed by atoms with Crippen LogP contribution >= 0.6 is 0 Å². The molecule has 1 fully saturated rings. The van der Waals surface area contributed by atoms with Crippen molar-refractivity contribution < 1.29 is 13.9 Å². The average molecular weight is 490 g/mol. The van der Waals surface area contributed by atoms with E-state index >= 15 is 0 Å². The number of nitrogens with one attached hydrogen (secondary N) is 1. The third-order valence-electron chi connectivity index (χ3n) is 6.55. The van der Waals surface area contributed by atoms with Crippen molar-refractivity contribution in [1.82, 2.24) is 19.7 Å². The van der Waals surface area contributed by atoms with Gasteiger partial charge in [0.25, 0.3) is 0 Å². The van der Waals surface area contributed by atoms with Crippen LogP contribution in [0.5, 0.6) is 0 Å². The van der Waals surface area contributed by atoms with Crippen LogP contribution in [0.2, 0.25) is 0 Å². The summed E-state index contributed by atoms with van der Waals surface area (Å²) in [5, 5.41) is 8.00. The van der Waals surface area contributed by atoms with Crippen molar-refractivity contribution >= 4 is 34.2 Å². The van der Waals surface area contributed by atoms with Gasteiger partial charge in [0.1, 0.15) is 24.0 Å². The summed E-state index contributed by atoms with van der Waals surface area (Å²) < 4.78 is 21.3. The first kappa shape index (κ1) is 23.7. The molecule has 0 unspecified atom stereocenters. The Kier molecular flexibility index (Phi) is 6.77. The van der Waals surface area contributed by atoms with E-state index in [1.165, 1.54) is 13.2 Å². The number of aromatic nitrogens is 4. The van der Waals surface area contributed by atoms with Gasteiger partial charge in [-0.3, -0.25) is 4.79 Å². The molecule has 0 bridgehead atoms. The van der Waals surface area contributed by atoms with Gasteiger partial charge in [0.05, 0.1) is 24.0 Å². The zero-order valence-corrected chi connectivity index (χ0v) is 20.0. The van der Waals surface area contributed by atoms with Gasteiger partial charge in [0.15, 0.2) is 0 Å². The highest BCUT2D eigenvalue weighted by Gasteiger charge is 2.27. The van der Waals surface area contributed by atoms with Gasteiger partial charge in [-0.1, -0.05) is 0 Å². The number of fused-ring (bicyclic) bond motifs is 1. The second kappa shape index (κ2) is 10.3. The molecular formula is C26H28FN7O2. The van der Waals surface area contributed by atoms with E-state index in [-0.39, 0.29) is 24.6 Å². The number of carbonyl (C=O) groups is 1. The summed E-state index contributed by atoms with van der Waals surface area (Å²) in [6.45, 7) is 0.110. The second-order valence-electron chi connectivity index (χ2n) is 8.94. The van der Waals surface area contributed by atoms with Crippen LogP contribution in [-0.4, -0.2) is 51.5 Å². The molecule has 9 nitrogen and oxygen atoms in total. The molecule has 5 rings (SSSR count). The van der Waals surface area contributed by atoms with Crippen LogP contribution in [0.15, 0.2) is 61.1 Å². The largest absolute Gasteiger partial charge is 0.468 e. The van der Waals surface area contributed by atoms with Crippen molar-refractivity contribution in [2.45, 2.75) is 37.8 Å². The van der Waals surface area contributed by atoms with Gasteiger partial charge in [-0.05, 0) is 56.0 Å². The molecule has 10 heteroatoms. The molecule has 1 saturated carbocycles. The van der Waals surface area contributed by atoms with Gasteiger partial charge in [-0.2, -0.15) is 5.10 Å². The van der Waals surface area contributed by atoms with Gasteiger partial charge in [0, 0.05) is 48.2 Å². The monoisotopic (exact) mass is 489 g/mol. The van der Waals surface area contributed by atoms with Gasteiger partial charge < -0.3 is 20.7 Å². The maximum atomic E-state index is 14.8. The minimum atomic E-state index is -0.425. The Balaban J connectivity index is 1.41. The number of ether oxygens (including phenoxy) is 1. The van der Waals surface area contributed by atoms with Crippen LogP contribution in [0.4, 0.5) is 21.7 Å². The summed E-state index contributed by atoms with van der Waals surface area (Å²) in [5.41, 5.74) is 7.68. The number of hydrogen-bond acceptors (Lipinski definition) is 8. The van der Waals surface area contributed by atoms with Crippen molar-refractivity contribution in [2.75, 3.05) is 23.9 Å². The van der Waals surface area contributed by atoms with Crippen molar-refractivity contribution in [3.8, 4) is 5.69 Å². The van der Waals surface area contributed by atoms with E-state index in [4.69, 9.17) is 15.5 Å². The van der Waals surface area contributed by atoms with Gasteiger partial charge >= 0.3 is 5.97 Å². The van der Waals surface area contributed by atoms with E-state index in [2.05, 4.69) is 15.4 Å². The topological polar surface area (TPSA) is 111 Å². The van der Waals surface area contributed by atoms with Crippen molar-refractivity contribution in [3.05, 3.63) is 66.9 Å². The summed E-state index contributed by atoms with van der Waals surface area (Å²) in [6, 6.07) is 12.5. The number of anilines is 3. The molecule has 0 saturated heterocycles. The van der Waals surface area contributed by atoms with Crippen molar-refractivity contribution in [2.24, 2.45) is 5.73 Å². The number of carbonyl (C=O) groups excluding carboxylic acids is 1. The molecular weight excluding hydrogens is 461 g/mol. The van der Waals surface area contributed by atoms with Crippen LogP contribution < -0.4 is 16.0 Å². The van der Waals surface area contributed by atoms with Crippen LogP contribution in [0.3, 0.4) is 0 Å². The van der Waals surface area contributed by atoms with E-state index in [0.29, 0.717) is 28.5 Å². The van der Waals surface area contributed by atoms with E-state index in [1.54, 1.807) is 47.5 Å². The summed E-state index contributed by atoms with van der Waals surface area (Å²) in [6.07, 6.45) is 8.65. The fraction of sp³-hybridized carbons (Fsp3) is 0.308. The normalized spacial score (nSPS) is 17.6. The van der Waals surface area contributed by atoms with Crippen LogP contribution in [0.25, 0.3) is 16.6 Å². The SMILES string of the molecule is COC(=O)CN(c1ccc2cnc(Nc3ccc(-n4cccn4)cc3F)cc2n1)C1CCC(N)CC1. The molecule has 0 atom stereocenters. The molecule has 0 aliphatic heterocycles. The molecule has 1 aliphatic rings. The molecule has 1 aliphatic carbocycles. The van der Waals surface area contributed by atoms with Gasteiger partial charge in [-0.25, -0.2) is 19.0 Å². The molecule has 3 aromatic heterocycles.